The van der Waals surface area contributed by atoms with Crippen LogP contribution in [0.5, 0.6) is 0 Å². The molecule has 15 N–H and O–H groups in total. The second-order valence-electron chi connectivity index (χ2n) is 23.4. The first-order valence-corrected chi connectivity index (χ1v) is 52.6. The number of nitro groups is 1. The van der Waals surface area contributed by atoms with Crippen LogP contribution in [0.3, 0.4) is 0 Å². The standard InChI is InChI=1S/C11H9ClN2O4S2.C11H14N2O7S2.C11H11NO7S2.C11H11NO5S2.C8H4N2O4.C3H9NO.C3H8O3S2.C3H8.C2H4O2.2CH4.Cl3OP.4Na.2H2O/c12-20(17,18)5-1-4-19(15,16)11-3-2-9(7-13)10(6-11)8-14;12-10(14)8-3-2-7(6-9(8)11(13)15)21(16,17)4-1-5-22(18,19)20;13-10-8-3-2-7(6-9(8)11(14)12-10)20(15,16)4-1-5-21(17,18)19;13-10-8-3-2-7(6-9(8)11(14)12-10)18-4-1-5-19(15,16)17;11-7-5-2-1-4(10(13)14)3-6(5)8(12)9-7;1-3(5)2-4;4-8(5,6)3-1-2-7;1-3-2;1-2(3)4;;;1-5(2,3)4;;;;;;/h2-3,6H,1,4-5H2;2-3,6H,1,4-5H2,(H2,12,14)(H2,13,15)(H,18,19,20);2-3,6H,1,4-5H2,(H,12,13,14)(H,17,18,19);2-3,6H,1,4-5H2,(H,12,13,14)(H,15,16,17);1-3H,(H,9,11,12);3,5H,2,4H2,1H3;7H,1-3H2,(H,4,5,6);3H2,1-2H3;1H3,(H,3,4);2*1H4;;;;;;2*1H2/q;;;;;;;;;;;;4*+1;;/p-4. The number of hydrogen-bond acceptors (Lipinski definition) is 38. The number of aliphatic hydroxyl groups is 1. The van der Waals surface area contributed by atoms with Crippen LogP contribution < -0.4 is 151 Å². The van der Waals surface area contributed by atoms with E-state index in [1.54, 1.807) is 37.3 Å². The number of imide groups is 3. The number of carboxylic acids is 1. The summed E-state index contributed by atoms with van der Waals surface area (Å²) in [4.78, 5) is 109. The molecular weight excluding hydrogens is 2070 g/mol. The number of thioether (sulfide) groups is 1. The summed E-state index contributed by atoms with van der Waals surface area (Å²) in [5, 5.41) is 46.6. The molecule has 0 aliphatic carbocycles. The Morgan fingerprint density at radius 2 is 0.806 bits per heavy atom. The number of nitrogens with one attached hydrogen (secondary N) is 3. The molecule has 0 fully saturated rings. The molecule has 64 heteroatoms. The van der Waals surface area contributed by atoms with Crippen molar-refractivity contribution >= 4 is 212 Å². The van der Waals surface area contributed by atoms with Gasteiger partial charge in [0.1, 0.15) is 12.1 Å². The van der Waals surface area contributed by atoms with E-state index in [9.17, 15) is 139 Å². The molecule has 3 aliphatic rings. The monoisotopic (exact) mass is 2150 g/mol. The molecule has 3 heterocycles. The second-order valence-corrected chi connectivity index (χ2v) is 47.0. The number of thiol groups is 1. The van der Waals surface area contributed by atoms with Crippen molar-refractivity contribution < 1.29 is 278 Å². The Morgan fingerprint density at radius 3 is 1.13 bits per heavy atom. The van der Waals surface area contributed by atoms with E-state index in [1.165, 1.54) is 48.5 Å². The first kappa shape index (κ1) is 145. The van der Waals surface area contributed by atoms with Crippen molar-refractivity contribution in [3.8, 4) is 12.1 Å². The van der Waals surface area contributed by atoms with Crippen LogP contribution in [0.15, 0.2) is 111 Å². The first-order valence-electron chi connectivity index (χ1n) is 32.8. The molecule has 0 aromatic heterocycles. The van der Waals surface area contributed by atoms with Gasteiger partial charge in [-0.1, -0.05) is 35.1 Å². The number of carbonyl (C=O) groups is 9. The van der Waals surface area contributed by atoms with E-state index in [0.29, 0.717) is 35.6 Å². The third kappa shape index (κ3) is 63.6. The smallest absolute Gasteiger partial charge is 0.748 e. The van der Waals surface area contributed by atoms with Crippen LogP contribution in [0, 0.1) is 32.8 Å². The Morgan fingerprint density at radius 1 is 0.512 bits per heavy atom. The summed E-state index contributed by atoms with van der Waals surface area (Å²) < 4.78 is 226. The number of rotatable bonds is 27. The number of hydrogen-bond donors (Lipinski definition) is 9. The van der Waals surface area contributed by atoms with Crippen LogP contribution in [0.4, 0.5) is 5.69 Å². The number of primary amides is 2. The SMILES string of the molecule is C.C.CC(=O)O.CC(O)CN.CCC.N#Cc1ccc(S(=O)(=O)CCCS(=O)(=O)Cl)cc1C#N.NC(=O)c1ccc(S(=O)(=O)CCCS(=O)(=O)[O-])cc1C(N)=O.O.O.O=C1NC(=O)c2cc(S(=O)(=O)CCCS(=O)(=O)[O-])ccc21.O=C1NC(=O)c2cc(SCCCS(=O)(=O)[O-])ccc21.O=C1NC(=O)c2cc([N+](=O)[O-])ccc21.O=P(Cl)(Cl)Cl.O=S(=O)([O-])CCCS.[Na+].[Na+].[Na+].[Na+]. The Labute approximate surface area is 862 Å². The van der Waals surface area contributed by atoms with Crippen LogP contribution in [0.1, 0.15) is 175 Å². The molecule has 5 aromatic rings. The summed E-state index contributed by atoms with van der Waals surface area (Å²) in [5.41, 5.74) is 15.2. The van der Waals surface area contributed by atoms with E-state index >= 15 is 0 Å². The molecule has 1 unspecified atom stereocenters. The number of non-ortho nitro benzene ring substituents is 1. The summed E-state index contributed by atoms with van der Waals surface area (Å²) in [6, 6.07) is 21.9. The molecule has 45 nitrogen and oxygen atoms in total. The number of carbonyl (C=O) groups excluding carboxylic acids is 8. The number of aliphatic carboxylic acids is 1. The fourth-order valence-corrected chi connectivity index (χ4v) is 17.0. The van der Waals surface area contributed by atoms with E-state index in [2.05, 4.69) is 65.5 Å². The van der Waals surface area contributed by atoms with Crippen molar-refractivity contribution in [1.82, 2.24) is 16.0 Å². The van der Waals surface area contributed by atoms with Gasteiger partial charge in [-0.3, -0.25) is 73.8 Å². The van der Waals surface area contributed by atoms with Gasteiger partial charge in [0.05, 0.1) is 145 Å². The van der Waals surface area contributed by atoms with E-state index < -0.39 is 189 Å². The number of benzene rings is 5. The van der Waals surface area contributed by atoms with Crippen molar-refractivity contribution in [3.05, 3.63) is 157 Å². The van der Waals surface area contributed by atoms with Crippen molar-refractivity contribution in [2.45, 2.75) is 107 Å². The van der Waals surface area contributed by atoms with Gasteiger partial charge in [0.25, 0.3) is 47.1 Å². The van der Waals surface area contributed by atoms with Crippen molar-refractivity contribution in [2.24, 2.45) is 17.2 Å². The van der Waals surface area contributed by atoms with Crippen LogP contribution in [-0.4, -0.2) is 235 Å². The first-order chi connectivity index (χ1) is 55.2. The van der Waals surface area contributed by atoms with Crippen LogP contribution in [0.2, 0.25) is 0 Å². The number of nitro benzene ring substituents is 1. The Bertz CT molecular complexity index is 5780. The van der Waals surface area contributed by atoms with Gasteiger partial charge in [0, 0.05) is 64.2 Å². The molecule has 3 aliphatic heterocycles. The number of sulfone groups is 3. The van der Waals surface area contributed by atoms with E-state index in [4.69, 9.17) is 53.4 Å². The molecule has 0 saturated carbocycles. The van der Waals surface area contributed by atoms with E-state index in [0.717, 1.165) is 54.3 Å². The zero-order valence-electron chi connectivity index (χ0n) is 67.9. The molecule has 704 valence electrons. The fraction of sp³-hybridized carbons (Fsp3) is 0.369. The van der Waals surface area contributed by atoms with Gasteiger partial charge >= 0.3 is 123 Å². The molecule has 0 spiro atoms. The van der Waals surface area contributed by atoms with Gasteiger partial charge in [-0.2, -0.15) is 23.2 Å². The normalized spacial score (nSPS) is 12.0. The summed E-state index contributed by atoms with van der Waals surface area (Å²) >= 11 is 18.9. The summed E-state index contributed by atoms with van der Waals surface area (Å²) in [6.45, 7) is 7.35. The number of nitrogens with zero attached hydrogens (tertiary/aromatic N) is 3. The second kappa shape index (κ2) is 67.8. The van der Waals surface area contributed by atoms with Gasteiger partial charge in [-0.25, -0.2) is 67.3 Å². The summed E-state index contributed by atoms with van der Waals surface area (Å²) in [7, 11) is -27.4. The maximum Gasteiger partial charge on any atom is 1.00 e. The number of amides is 8. The minimum absolute atomic E-state index is 0. The van der Waals surface area contributed by atoms with Crippen molar-refractivity contribution in [2.75, 3.05) is 64.1 Å². The van der Waals surface area contributed by atoms with E-state index in [-0.39, 0.29) is 240 Å². The van der Waals surface area contributed by atoms with Gasteiger partial charge in [-0.05, 0) is 163 Å². The zero-order chi connectivity index (χ0) is 94.4. The van der Waals surface area contributed by atoms with Gasteiger partial charge in [0.15, 0.2) is 29.5 Å². The van der Waals surface area contributed by atoms with Crippen LogP contribution in [0.25, 0.3) is 0 Å². The minimum atomic E-state index is -4.52. The molecule has 8 amide bonds. The Balaban J connectivity index is -0.000000159. The number of nitriles is 2. The average molecular weight is 2150 g/mol. The third-order valence-corrected chi connectivity index (χ3v) is 24.5. The largest absolute Gasteiger partial charge is 1.00 e. The fourth-order valence-electron chi connectivity index (χ4n) is 8.18. The topological polar surface area (TPSA) is 844 Å². The van der Waals surface area contributed by atoms with Crippen molar-refractivity contribution in [3.63, 3.8) is 0 Å². The number of aliphatic hydroxyl groups excluding tert-OH is 1. The molecule has 1 atom stereocenters. The number of fused-ring (bicyclic) bond motifs is 3. The van der Waals surface area contributed by atoms with Gasteiger partial charge in [-0.15, -0.1) is 11.8 Å². The molecule has 5 aromatic carbocycles. The van der Waals surface area contributed by atoms with Gasteiger partial charge in [0.2, 0.25) is 20.9 Å². The molecule has 129 heavy (non-hydrogen) atoms. The maximum atomic E-state index is 12.0. The number of nitrogens with two attached hydrogens (primary N) is 3. The number of carboxylic acid groups (broad SMARTS) is 1. The zero-order valence-corrected chi connectivity index (χ0v) is 88.0. The van der Waals surface area contributed by atoms with Gasteiger partial charge < -0.3 is 56.6 Å². The molecular formula is C65H86Cl4N9Na4O36PS10. The predicted molar refractivity (Wildman–Crippen MR) is 458 cm³/mol. The quantitative estimate of drug-likeness (QED) is 0.00225. The average Bonchev–Trinajstić information content (AvgIpc) is 1.56. The minimum Gasteiger partial charge on any atom is -0.748 e. The van der Waals surface area contributed by atoms with Crippen molar-refractivity contribution in [1.29, 1.82) is 10.5 Å². The van der Waals surface area contributed by atoms with E-state index in [1.807, 2.05) is 10.6 Å². The molecule has 8 rings (SSSR count). The van der Waals surface area contributed by atoms with Crippen LogP contribution >= 0.6 is 74.0 Å². The predicted octanol–water partition coefficient (Wildman–Crippen LogP) is -8.75. The van der Waals surface area contributed by atoms with Crippen LogP contribution in [-0.2, 0) is 88.4 Å². The Kier molecular flexibility index (Phi) is 76.2. The maximum absolute atomic E-state index is 12.0. The third-order valence-electron chi connectivity index (χ3n) is 13.3. The molecule has 0 saturated heterocycles. The number of halogens is 4. The summed E-state index contributed by atoms with van der Waals surface area (Å²) in [6.07, 6.45) is 0.632. The summed E-state index contributed by atoms with van der Waals surface area (Å²) in [5.74, 6) is -9.45. The Hall–Kier alpha value is -4.32. The molecule has 0 radical (unpaired) electrons. The molecule has 0 bridgehead atoms.